The summed E-state index contributed by atoms with van der Waals surface area (Å²) in [4.78, 5) is 12.1. The van der Waals surface area contributed by atoms with E-state index in [1.54, 1.807) is 12.5 Å². The lowest BCUT2D eigenvalue weighted by Gasteiger charge is -2.15. The van der Waals surface area contributed by atoms with Crippen LogP contribution in [-0.4, -0.2) is 9.78 Å². The van der Waals surface area contributed by atoms with E-state index in [-0.39, 0.29) is 17.6 Å². The van der Waals surface area contributed by atoms with Crippen molar-refractivity contribution in [3.05, 3.63) is 45.2 Å². The Morgan fingerprint density at radius 1 is 1.42 bits per heavy atom. The zero-order valence-electron chi connectivity index (χ0n) is 11.1. The summed E-state index contributed by atoms with van der Waals surface area (Å²) in [7, 11) is 0. The van der Waals surface area contributed by atoms with Gasteiger partial charge in [-0.1, -0.05) is 0 Å². The molecular weight excluding hydrogens is 310 g/mol. The molecule has 1 atom stereocenters. The number of furan rings is 1. The summed E-state index contributed by atoms with van der Waals surface area (Å²) in [5, 5.41) is 7.36. The molecule has 0 amide bonds. The number of aromatic nitrogens is 2. The molecule has 0 aliphatic heterocycles. The van der Waals surface area contributed by atoms with Crippen molar-refractivity contribution in [2.75, 3.05) is 5.32 Å². The average Bonchev–Trinajstić information content (AvgIpc) is 2.88. The zero-order chi connectivity index (χ0) is 14.0. The van der Waals surface area contributed by atoms with Crippen LogP contribution in [0.3, 0.4) is 0 Å². The first-order valence-corrected chi connectivity index (χ1v) is 6.87. The number of halogens is 1. The molecule has 0 saturated heterocycles. The van der Waals surface area contributed by atoms with Gasteiger partial charge in [-0.05, 0) is 48.8 Å². The smallest absolute Gasteiger partial charge is 0.283 e. The molecule has 0 bridgehead atoms. The fraction of sp³-hybridized carbons (Fsp3) is 0.385. The van der Waals surface area contributed by atoms with Crippen molar-refractivity contribution in [3.63, 3.8) is 0 Å². The SMILES string of the molecule is CC(Nc1cnn(C(C)C)c(=O)c1Br)c1ccco1. The summed E-state index contributed by atoms with van der Waals surface area (Å²) >= 11 is 3.32. The Morgan fingerprint density at radius 3 is 2.74 bits per heavy atom. The van der Waals surface area contributed by atoms with E-state index in [9.17, 15) is 4.79 Å². The number of nitrogens with one attached hydrogen (secondary N) is 1. The minimum atomic E-state index is -0.147. The van der Waals surface area contributed by atoms with Crippen LogP contribution in [0.1, 0.15) is 38.6 Å². The van der Waals surface area contributed by atoms with Crippen molar-refractivity contribution in [3.8, 4) is 0 Å². The summed E-state index contributed by atoms with van der Waals surface area (Å²) < 4.78 is 7.24. The lowest BCUT2D eigenvalue weighted by atomic mass is 10.2. The Morgan fingerprint density at radius 2 is 2.16 bits per heavy atom. The normalized spacial score (nSPS) is 12.7. The van der Waals surface area contributed by atoms with Gasteiger partial charge in [0.2, 0.25) is 0 Å². The van der Waals surface area contributed by atoms with Crippen molar-refractivity contribution in [1.82, 2.24) is 9.78 Å². The molecule has 102 valence electrons. The first-order chi connectivity index (χ1) is 9.00. The predicted molar refractivity (Wildman–Crippen MR) is 77.3 cm³/mol. The highest BCUT2D eigenvalue weighted by Crippen LogP contribution is 2.23. The van der Waals surface area contributed by atoms with Gasteiger partial charge in [0.15, 0.2) is 0 Å². The largest absolute Gasteiger partial charge is 0.467 e. The number of nitrogens with zero attached hydrogens (tertiary/aromatic N) is 2. The Kier molecular flexibility index (Phi) is 4.09. The van der Waals surface area contributed by atoms with E-state index in [4.69, 9.17) is 4.42 Å². The van der Waals surface area contributed by atoms with Crippen LogP contribution >= 0.6 is 15.9 Å². The molecule has 2 aromatic heterocycles. The molecule has 1 unspecified atom stereocenters. The molecule has 5 nitrogen and oxygen atoms in total. The van der Waals surface area contributed by atoms with Crippen molar-refractivity contribution < 1.29 is 4.42 Å². The molecule has 0 radical (unpaired) electrons. The Bertz CT molecular complexity index is 605. The molecular formula is C13H16BrN3O2. The van der Waals surface area contributed by atoms with Crippen LogP contribution in [0.2, 0.25) is 0 Å². The maximum absolute atomic E-state index is 12.1. The molecule has 2 aromatic rings. The number of hydrogen-bond donors (Lipinski definition) is 1. The van der Waals surface area contributed by atoms with E-state index in [1.807, 2.05) is 32.9 Å². The van der Waals surface area contributed by atoms with Gasteiger partial charge in [-0.15, -0.1) is 0 Å². The van der Waals surface area contributed by atoms with E-state index in [1.165, 1.54) is 4.68 Å². The molecule has 1 N–H and O–H groups in total. The first kappa shape index (κ1) is 13.9. The Labute approximate surface area is 119 Å². The van der Waals surface area contributed by atoms with Crippen molar-refractivity contribution in [1.29, 1.82) is 0 Å². The van der Waals surface area contributed by atoms with Gasteiger partial charge in [0, 0.05) is 0 Å². The van der Waals surface area contributed by atoms with Crippen LogP contribution in [0.5, 0.6) is 0 Å². The van der Waals surface area contributed by atoms with Crippen LogP contribution in [0.4, 0.5) is 5.69 Å². The predicted octanol–water partition coefficient (Wildman–Crippen LogP) is 3.35. The van der Waals surface area contributed by atoms with Gasteiger partial charge in [-0.2, -0.15) is 5.10 Å². The van der Waals surface area contributed by atoms with E-state index >= 15 is 0 Å². The fourth-order valence-corrected chi connectivity index (χ4v) is 2.15. The second-order valence-electron chi connectivity index (χ2n) is 4.60. The maximum atomic E-state index is 12.1. The van der Waals surface area contributed by atoms with E-state index in [0.29, 0.717) is 10.2 Å². The molecule has 2 rings (SSSR count). The third kappa shape index (κ3) is 2.89. The third-order valence-electron chi connectivity index (χ3n) is 2.77. The topological polar surface area (TPSA) is 60.1 Å². The highest BCUT2D eigenvalue weighted by atomic mass is 79.9. The molecule has 0 spiro atoms. The van der Waals surface area contributed by atoms with Gasteiger partial charge in [-0.3, -0.25) is 4.79 Å². The van der Waals surface area contributed by atoms with Crippen LogP contribution in [0, 0.1) is 0 Å². The van der Waals surface area contributed by atoms with Crippen LogP contribution in [-0.2, 0) is 0 Å². The van der Waals surface area contributed by atoms with E-state index in [2.05, 4.69) is 26.3 Å². The summed E-state index contributed by atoms with van der Waals surface area (Å²) in [5.41, 5.74) is 0.512. The second kappa shape index (κ2) is 5.61. The second-order valence-corrected chi connectivity index (χ2v) is 5.39. The van der Waals surface area contributed by atoms with E-state index < -0.39 is 0 Å². The quantitative estimate of drug-likeness (QED) is 0.936. The monoisotopic (exact) mass is 325 g/mol. The zero-order valence-corrected chi connectivity index (χ0v) is 12.6. The number of rotatable bonds is 4. The third-order valence-corrected chi connectivity index (χ3v) is 3.54. The summed E-state index contributed by atoms with van der Waals surface area (Å²) in [6.07, 6.45) is 3.27. The molecule has 0 aliphatic carbocycles. The van der Waals surface area contributed by atoms with Crippen LogP contribution in [0.25, 0.3) is 0 Å². The van der Waals surface area contributed by atoms with Crippen LogP contribution in [0.15, 0.2) is 38.3 Å². The van der Waals surface area contributed by atoms with Gasteiger partial charge in [0.25, 0.3) is 5.56 Å². The summed E-state index contributed by atoms with van der Waals surface area (Å²) in [6, 6.07) is 3.70. The van der Waals surface area contributed by atoms with Gasteiger partial charge >= 0.3 is 0 Å². The summed E-state index contributed by atoms with van der Waals surface area (Å²) in [6.45, 7) is 5.79. The lowest BCUT2D eigenvalue weighted by molar-refractivity contribution is 0.487. The average molecular weight is 326 g/mol. The maximum Gasteiger partial charge on any atom is 0.283 e. The first-order valence-electron chi connectivity index (χ1n) is 6.08. The van der Waals surface area contributed by atoms with Gasteiger partial charge < -0.3 is 9.73 Å². The Hall–Kier alpha value is -1.56. The van der Waals surface area contributed by atoms with E-state index in [0.717, 1.165) is 5.76 Å². The minimum absolute atomic E-state index is 0.0281. The molecule has 0 fully saturated rings. The highest BCUT2D eigenvalue weighted by molar-refractivity contribution is 9.10. The molecule has 6 heteroatoms. The number of anilines is 1. The minimum Gasteiger partial charge on any atom is -0.467 e. The molecule has 2 heterocycles. The molecule has 0 aliphatic rings. The molecule has 0 aromatic carbocycles. The van der Waals surface area contributed by atoms with Gasteiger partial charge in [0.1, 0.15) is 10.2 Å². The van der Waals surface area contributed by atoms with Gasteiger partial charge in [-0.25, -0.2) is 4.68 Å². The summed E-state index contributed by atoms with van der Waals surface area (Å²) in [5.74, 6) is 0.805. The standard InChI is InChI=1S/C13H16BrN3O2/c1-8(2)17-13(18)12(14)10(7-15-17)16-9(3)11-5-4-6-19-11/h4-9,16H,1-3H3. The number of hydrogen-bond acceptors (Lipinski definition) is 4. The molecule has 0 saturated carbocycles. The fourth-order valence-electron chi connectivity index (χ4n) is 1.76. The van der Waals surface area contributed by atoms with Crippen molar-refractivity contribution >= 4 is 21.6 Å². The lowest BCUT2D eigenvalue weighted by Crippen LogP contribution is -2.26. The van der Waals surface area contributed by atoms with Crippen molar-refractivity contribution in [2.45, 2.75) is 32.9 Å². The van der Waals surface area contributed by atoms with Gasteiger partial charge in [0.05, 0.1) is 30.2 Å². The van der Waals surface area contributed by atoms with Crippen LogP contribution < -0.4 is 10.9 Å². The Balaban J connectivity index is 2.27. The molecule has 19 heavy (non-hydrogen) atoms. The highest BCUT2D eigenvalue weighted by Gasteiger charge is 2.14. The van der Waals surface area contributed by atoms with Crippen molar-refractivity contribution in [2.24, 2.45) is 0 Å².